The van der Waals surface area contributed by atoms with Crippen LogP contribution in [-0.4, -0.2) is 39.1 Å². The van der Waals surface area contributed by atoms with Crippen LogP contribution in [0, 0.1) is 0 Å². The second kappa shape index (κ2) is 9.76. The molecule has 2 rings (SSSR count). The lowest BCUT2D eigenvalue weighted by Crippen LogP contribution is -2.38. The highest BCUT2D eigenvalue weighted by Crippen LogP contribution is 2.21. The Kier molecular flexibility index (Phi) is 7.64. The first-order chi connectivity index (χ1) is 13.6. The van der Waals surface area contributed by atoms with E-state index in [1.54, 1.807) is 36.4 Å². The number of carbonyl (C=O) groups excluding carboxylic acids is 2. The molecule has 156 valence electrons. The van der Waals surface area contributed by atoms with Gasteiger partial charge in [-0.2, -0.15) is 0 Å². The summed E-state index contributed by atoms with van der Waals surface area (Å²) in [5.41, 5.74) is 0.927. The van der Waals surface area contributed by atoms with Crippen molar-refractivity contribution < 1.29 is 18.0 Å². The molecule has 0 radical (unpaired) electrons. The van der Waals surface area contributed by atoms with E-state index >= 15 is 0 Å². The molecule has 2 aromatic rings. The normalized spacial score (nSPS) is 12.1. The van der Waals surface area contributed by atoms with Crippen molar-refractivity contribution in [2.45, 2.75) is 26.3 Å². The van der Waals surface area contributed by atoms with E-state index in [4.69, 9.17) is 11.6 Å². The van der Waals surface area contributed by atoms with Crippen LogP contribution in [0.5, 0.6) is 0 Å². The van der Waals surface area contributed by atoms with Gasteiger partial charge in [-0.3, -0.25) is 13.9 Å². The van der Waals surface area contributed by atoms with Gasteiger partial charge in [0.2, 0.25) is 15.9 Å². The molecule has 2 amide bonds. The number of hydrogen-bond acceptors (Lipinski definition) is 4. The monoisotopic (exact) mass is 437 g/mol. The number of para-hydroxylation sites is 1. The van der Waals surface area contributed by atoms with E-state index in [0.717, 1.165) is 17.0 Å². The van der Waals surface area contributed by atoms with Crippen molar-refractivity contribution in [2.75, 3.05) is 22.4 Å². The number of sulfonamides is 1. The number of anilines is 2. The first-order valence-corrected chi connectivity index (χ1v) is 11.3. The summed E-state index contributed by atoms with van der Waals surface area (Å²) in [5.74, 6) is -0.887. The minimum absolute atomic E-state index is 0.0168. The maximum absolute atomic E-state index is 12.6. The van der Waals surface area contributed by atoms with Crippen molar-refractivity contribution in [3.8, 4) is 0 Å². The predicted molar refractivity (Wildman–Crippen MR) is 116 cm³/mol. The van der Waals surface area contributed by atoms with Crippen molar-refractivity contribution >= 4 is 44.8 Å². The number of nitrogens with one attached hydrogen (secondary N) is 2. The van der Waals surface area contributed by atoms with Gasteiger partial charge >= 0.3 is 0 Å². The molecule has 2 aromatic carbocycles. The van der Waals surface area contributed by atoms with Gasteiger partial charge in [0.1, 0.15) is 6.54 Å². The zero-order valence-corrected chi connectivity index (χ0v) is 18.0. The van der Waals surface area contributed by atoms with Crippen LogP contribution in [0.1, 0.15) is 30.6 Å². The van der Waals surface area contributed by atoms with E-state index < -0.39 is 22.5 Å². The van der Waals surface area contributed by atoms with Crippen LogP contribution in [-0.2, 0) is 14.8 Å². The zero-order chi connectivity index (χ0) is 21.6. The van der Waals surface area contributed by atoms with Crippen LogP contribution in [0.4, 0.5) is 11.4 Å². The molecule has 0 heterocycles. The van der Waals surface area contributed by atoms with Crippen molar-refractivity contribution in [1.29, 1.82) is 0 Å². The number of amides is 2. The Bertz CT molecular complexity index is 977. The highest BCUT2D eigenvalue weighted by atomic mass is 35.5. The molecule has 0 fully saturated rings. The predicted octanol–water partition coefficient (Wildman–Crippen LogP) is 3.27. The molecule has 1 atom stereocenters. The van der Waals surface area contributed by atoms with Gasteiger partial charge in [0, 0.05) is 11.1 Å². The molecule has 29 heavy (non-hydrogen) atoms. The van der Waals surface area contributed by atoms with E-state index in [9.17, 15) is 18.0 Å². The molecule has 0 aliphatic carbocycles. The van der Waals surface area contributed by atoms with Gasteiger partial charge in [-0.05, 0) is 49.7 Å². The lowest BCUT2D eigenvalue weighted by molar-refractivity contribution is -0.114. The molecule has 0 unspecified atom stereocenters. The van der Waals surface area contributed by atoms with Gasteiger partial charge in [0.05, 0.1) is 23.2 Å². The fourth-order valence-electron chi connectivity index (χ4n) is 2.52. The number of benzene rings is 2. The van der Waals surface area contributed by atoms with Crippen molar-refractivity contribution in [3.05, 3.63) is 59.1 Å². The quantitative estimate of drug-likeness (QED) is 0.662. The molecule has 0 bridgehead atoms. The standard InChI is InChI=1S/C20H24ClN3O4S/c1-4-14(2)22-20(26)17-7-5-6-8-18(17)23-19(25)13-24(29(3,27)28)16-11-9-15(21)10-12-16/h5-12,14H,4,13H2,1-3H3,(H,22,26)(H,23,25)/t14-/m0/s1. The first-order valence-electron chi connectivity index (χ1n) is 9.04. The van der Waals surface area contributed by atoms with E-state index in [-0.39, 0.29) is 11.9 Å². The smallest absolute Gasteiger partial charge is 0.253 e. The molecular weight excluding hydrogens is 414 g/mol. The fraction of sp³-hybridized carbons (Fsp3) is 0.300. The summed E-state index contributed by atoms with van der Waals surface area (Å²) in [5, 5.41) is 5.93. The van der Waals surface area contributed by atoms with Crippen molar-refractivity contribution in [3.63, 3.8) is 0 Å². The van der Waals surface area contributed by atoms with E-state index in [1.807, 2.05) is 13.8 Å². The average Bonchev–Trinajstić information content (AvgIpc) is 2.66. The van der Waals surface area contributed by atoms with Gasteiger partial charge in [-0.15, -0.1) is 0 Å². The Morgan fingerprint density at radius 1 is 1.10 bits per heavy atom. The Morgan fingerprint density at radius 3 is 2.31 bits per heavy atom. The molecule has 7 nitrogen and oxygen atoms in total. The number of nitrogens with zero attached hydrogens (tertiary/aromatic N) is 1. The molecule has 0 spiro atoms. The van der Waals surface area contributed by atoms with E-state index in [0.29, 0.717) is 22.0 Å². The van der Waals surface area contributed by atoms with E-state index in [2.05, 4.69) is 10.6 Å². The molecule has 0 aliphatic rings. The number of halogens is 1. The minimum atomic E-state index is -3.71. The maximum atomic E-state index is 12.6. The Balaban J connectivity index is 2.21. The van der Waals surface area contributed by atoms with E-state index in [1.165, 1.54) is 12.1 Å². The van der Waals surface area contributed by atoms with Crippen LogP contribution < -0.4 is 14.9 Å². The molecule has 0 aromatic heterocycles. The molecule has 0 saturated carbocycles. The lowest BCUT2D eigenvalue weighted by Gasteiger charge is -2.22. The topological polar surface area (TPSA) is 95.6 Å². The van der Waals surface area contributed by atoms with Gasteiger partial charge in [-0.25, -0.2) is 8.42 Å². The largest absolute Gasteiger partial charge is 0.350 e. The summed E-state index contributed by atoms with van der Waals surface area (Å²) in [6.07, 6.45) is 1.78. The van der Waals surface area contributed by atoms with Crippen LogP contribution in [0.25, 0.3) is 0 Å². The van der Waals surface area contributed by atoms with Crippen LogP contribution in [0.15, 0.2) is 48.5 Å². The second-order valence-corrected chi connectivity index (χ2v) is 8.97. The fourth-order valence-corrected chi connectivity index (χ4v) is 3.50. The third-order valence-electron chi connectivity index (χ3n) is 4.24. The third kappa shape index (κ3) is 6.47. The van der Waals surface area contributed by atoms with Crippen LogP contribution >= 0.6 is 11.6 Å². The van der Waals surface area contributed by atoms with Gasteiger partial charge in [-0.1, -0.05) is 30.7 Å². The number of rotatable bonds is 8. The summed E-state index contributed by atoms with van der Waals surface area (Å²) >= 11 is 5.85. The van der Waals surface area contributed by atoms with Crippen LogP contribution in [0.3, 0.4) is 0 Å². The number of hydrogen-bond donors (Lipinski definition) is 2. The third-order valence-corrected chi connectivity index (χ3v) is 5.63. The second-order valence-electron chi connectivity index (χ2n) is 6.62. The van der Waals surface area contributed by atoms with Crippen molar-refractivity contribution in [2.24, 2.45) is 0 Å². The zero-order valence-electron chi connectivity index (χ0n) is 16.5. The first kappa shape index (κ1) is 22.7. The SMILES string of the molecule is CC[C@H](C)NC(=O)c1ccccc1NC(=O)CN(c1ccc(Cl)cc1)S(C)(=O)=O. The molecule has 2 N–H and O–H groups in total. The van der Waals surface area contributed by atoms with Crippen LogP contribution in [0.2, 0.25) is 5.02 Å². The Morgan fingerprint density at radius 2 is 1.72 bits per heavy atom. The summed E-state index contributed by atoms with van der Waals surface area (Å²) in [6.45, 7) is 3.39. The Hall–Kier alpha value is -2.58. The highest BCUT2D eigenvalue weighted by Gasteiger charge is 2.22. The molecular formula is C20H24ClN3O4S. The summed E-state index contributed by atoms with van der Waals surface area (Å²) in [4.78, 5) is 25.1. The highest BCUT2D eigenvalue weighted by molar-refractivity contribution is 7.92. The summed E-state index contributed by atoms with van der Waals surface area (Å²) in [6, 6.07) is 12.7. The molecule has 0 aliphatic heterocycles. The summed E-state index contributed by atoms with van der Waals surface area (Å²) in [7, 11) is -3.71. The Labute approximate surface area is 176 Å². The van der Waals surface area contributed by atoms with Gasteiger partial charge in [0.15, 0.2) is 0 Å². The van der Waals surface area contributed by atoms with Gasteiger partial charge in [0.25, 0.3) is 5.91 Å². The minimum Gasteiger partial charge on any atom is -0.350 e. The van der Waals surface area contributed by atoms with Crippen molar-refractivity contribution in [1.82, 2.24) is 5.32 Å². The summed E-state index contributed by atoms with van der Waals surface area (Å²) < 4.78 is 25.3. The maximum Gasteiger partial charge on any atom is 0.253 e. The molecule has 0 saturated heterocycles. The number of carbonyl (C=O) groups is 2. The average molecular weight is 438 g/mol. The lowest BCUT2D eigenvalue weighted by atomic mass is 10.1. The molecule has 9 heteroatoms. The van der Waals surface area contributed by atoms with Gasteiger partial charge < -0.3 is 10.6 Å².